The molecule has 0 saturated carbocycles. The standard InChI is InChI=1S/C8H6N4O2S2/c13-12(14)6-3-1-5(2-4-6)9-7-10-11-8(15)16-7/h1-4H,(H,9,10)(H,11,15). The van der Waals surface area contributed by atoms with Crippen molar-refractivity contribution in [3.63, 3.8) is 0 Å². The van der Waals surface area contributed by atoms with Gasteiger partial charge in [0.25, 0.3) is 5.69 Å². The number of anilines is 2. The van der Waals surface area contributed by atoms with Crippen LogP contribution in [-0.4, -0.2) is 15.1 Å². The first kappa shape index (κ1) is 10.8. The molecule has 8 heteroatoms. The molecule has 1 aromatic heterocycles. The number of nitro benzene ring substituents is 1. The summed E-state index contributed by atoms with van der Waals surface area (Å²) in [5.74, 6) is 0. The Bertz CT molecular complexity index is 511. The van der Waals surface area contributed by atoms with Crippen LogP contribution < -0.4 is 5.32 Å². The van der Waals surface area contributed by atoms with Gasteiger partial charge in [-0.15, -0.1) is 22.8 Å². The van der Waals surface area contributed by atoms with Gasteiger partial charge in [-0.1, -0.05) is 11.3 Å². The highest BCUT2D eigenvalue weighted by atomic mass is 32.2. The molecule has 0 spiro atoms. The van der Waals surface area contributed by atoms with Gasteiger partial charge < -0.3 is 5.32 Å². The van der Waals surface area contributed by atoms with Crippen molar-refractivity contribution >= 4 is 40.5 Å². The normalized spacial score (nSPS) is 10.1. The summed E-state index contributed by atoms with van der Waals surface area (Å²) < 4.78 is 0.560. The van der Waals surface area contributed by atoms with Crippen LogP contribution in [0, 0.1) is 10.1 Å². The number of thiol groups is 1. The van der Waals surface area contributed by atoms with Gasteiger partial charge in [-0.2, -0.15) is 0 Å². The van der Waals surface area contributed by atoms with Crippen LogP contribution in [-0.2, 0) is 0 Å². The molecule has 1 aromatic carbocycles. The van der Waals surface area contributed by atoms with Crippen molar-refractivity contribution in [2.24, 2.45) is 0 Å². The minimum atomic E-state index is -0.444. The Morgan fingerprint density at radius 3 is 2.50 bits per heavy atom. The number of hydrogen-bond donors (Lipinski definition) is 2. The highest BCUT2D eigenvalue weighted by Crippen LogP contribution is 2.23. The molecule has 6 nitrogen and oxygen atoms in total. The molecule has 0 aliphatic rings. The summed E-state index contributed by atoms with van der Waals surface area (Å²) in [5, 5.41) is 21.5. The van der Waals surface area contributed by atoms with E-state index in [1.165, 1.54) is 23.5 Å². The van der Waals surface area contributed by atoms with Gasteiger partial charge in [-0.05, 0) is 12.1 Å². The summed E-state index contributed by atoms with van der Waals surface area (Å²) >= 11 is 5.32. The predicted octanol–water partition coefficient (Wildman–Crippen LogP) is 2.48. The molecule has 1 heterocycles. The molecular formula is C8H6N4O2S2. The Kier molecular flexibility index (Phi) is 3.02. The molecular weight excluding hydrogens is 248 g/mol. The van der Waals surface area contributed by atoms with Crippen molar-refractivity contribution in [2.75, 3.05) is 5.32 Å². The van der Waals surface area contributed by atoms with E-state index in [0.717, 1.165) is 5.69 Å². The molecule has 82 valence electrons. The first-order valence-electron chi connectivity index (χ1n) is 4.19. The van der Waals surface area contributed by atoms with Gasteiger partial charge in [-0.3, -0.25) is 10.1 Å². The molecule has 2 aromatic rings. The summed E-state index contributed by atoms with van der Waals surface area (Å²) in [5.41, 5.74) is 0.771. The molecule has 0 bridgehead atoms. The van der Waals surface area contributed by atoms with Crippen LogP contribution in [0.5, 0.6) is 0 Å². The second-order valence-corrected chi connectivity index (χ2v) is 4.52. The molecule has 0 radical (unpaired) electrons. The highest BCUT2D eigenvalue weighted by molar-refractivity contribution is 7.82. The lowest BCUT2D eigenvalue weighted by atomic mass is 10.3. The van der Waals surface area contributed by atoms with Crippen LogP contribution in [0.4, 0.5) is 16.5 Å². The zero-order chi connectivity index (χ0) is 11.5. The van der Waals surface area contributed by atoms with E-state index in [1.54, 1.807) is 12.1 Å². The van der Waals surface area contributed by atoms with E-state index >= 15 is 0 Å². The Morgan fingerprint density at radius 2 is 2.00 bits per heavy atom. The second kappa shape index (κ2) is 4.45. The van der Waals surface area contributed by atoms with Gasteiger partial charge >= 0.3 is 0 Å². The predicted molar refractivity (Wildman–Crippen MR) is 63.5 cm³/mol. The summed E-state index contributed by atoms with van der Waals surface area (Å²) in [6.45, 7) is 0. The average Bonchev–Trinajstić information content (AvgIpc) is 2.65. The van der Waals surface area contributed by atoms with Gasteiger partial charge in [-0.25, -0.2) is 0 Å². The molecule has 2 rings (SSSR count). The molecule has 0 fully saturated rings. The molecule has 0 amide bonds. The Balaban J connectivity index is 2.14. The maximum atomic E-state index is 10.4. The van der Waals surface area contributed by atoms with Crippen molar-refractivity contribution < 1.29 is 4.92 Å². The van der Waals surface area contributed by atoms with Gasteiger partial charge in [0, 0.05) is 17.8 Å². The Hall–Kier alpha value is -1.67. The Morgan fingerprint density at radius 1 is 1.31 bits per heavy atom. The molecule has 0 saturated heterocycles. The van der Waals surface area contributed by atoms with Crippen LogP contribution in [0.25, 0.3) is 0 Å². The minimum Gasteiger partial charge on any atom is -0.330 e. The number of non-ortho nitro benzene ring substituents is 1. The smallest absolute Gasteiger partial charge is 0.269 e. The summed E-state index contributed by atoms with van der Waals surface area (Å²) in [6.07, 6.45) is 0. The maximum absolute atomic E-state index is 10.4. The molecule has 16 heavy (non-hydrogen) atoms. The van der Waals surface area contributed by atoms with Crippen molar-refractivity contribution in [1.82, 2.24) is 10.2 Å². The number of hydrogen-bond acceptors (Lipinski definition) is 7. The van der Waals surface area contributed by atoms with Gasteiger partial charge in [0.1, 0.15) is 0 Å². The zero-order valence-corrected chi connectivity index (χ0v) is 9.53. The Labute approximate surface area is 99.9 Å². The van der Waals surface area contributed by atoms with Gasteiger partial charge in [0.2, 0.25) is 5.13 Å². The number of nitro groups is 1. The lowest BCUT2D eigenvalue weighted by Crippen LogP contribution is -1.91. The van der Waals surface area contributed by atoms with E-state index in [0.29, 0.717) is 9.47 Å². The van der Waals surface area contributed by atoms with Crippen molar-refractivity contribution in [3.8, 4) is 0 Å². The molecule has 0 aliphatic heterocycles. The number of rotatable bonds is 3. The monoisotopic (exact) mass is 254 g/mol. The number of benzene rings is 1. The fourth-order valence-corrected chi connectivity index (χ4v) is 1.87. The largest absolute Gasteiger partial charge is 0.330 e. The van der Waals surface area contributed by atoms with Crippen molar-refractivity contribution in [1.29, 1.82) is 0 Å². The third kappa shape index (κ3) is 2.47. The summed E-state index contributed by atoms with van der Waals surface area (Å²) in [4.78, 5) is 9.98. The molecule has 0 unspecified atom stereocenters. The van der Waals surface area contributed by atoms with Crippen LogP contribution in [0.2, 0.25) is 0 Å². The number of aromatic nitrogens is 2. The maximum Gasteiger partial charge on any atom is 0.269 e. The summed E-state index contributed by atoms with van der Waals surface area (Å²) in [7, 11) is 0. The van der Waals surface area contributed by atoms with E-state index in [-0.39, 0.29) is 5.69 Å². The fourth-order valence-electron chi connectivity index (χ4n) is 1.06. The summed E-state index contributed by atoms with van der Waals surface area (Å²) in [6, 6.07) is 6.06. The number of nitrogens with zero attached hydrogens (tertiary/aromatic N) is 3. The van der Waals surface area contributed by atoms with Crippen LogP contribution >= 0.6 is 24.0 Å². The van der Waals surface area contributed by atoms with E-state index in [4.69, 9.17) is 0 Å². The minimum absolute atomic E-state index is 0.0534. The highest BCUT2D eigenvalue weighted by Gasteiger charge is 2.05. The average molecular weight is 254 g/mol. The molecule has 0 aliphatic carbocycles. The zero-order valence-electron chi connectivity index (χ0n) is 7.82. The molecule has 1 N–H and O–H groups in total. The SMILES string of the molecule is O=[N+]([O-])c1ccc(Nc2nnc(S)s2)cc1. The van der Waals surface area contributed by atoms with Gasteiger partial charge in [0.15, 0.2) is 4.34 Å². The van der Waals surface area contributed by atoms with Crippen molar-refractivity contribution in [3.05, 3.63) is 34.4 Å². The lowest BCUT2D eigenvalue weighted by Gasteiger charge is -2.00. The first-order valence-corrected chi connectivity index (χ1v) is 5.45. The van der Waals surface area contributed by atoms with Crippen LogP contribution in [0.1, 0.15) is 0 Å². The molecule has 0 atom stereocenters. The number of nitrogens with one attached hydrogen (secondary N) is 1. The fraction of sp³-hybridized carbons (Fsp3) is 0. The third-order valence-corrected chi connectivity index (χ3v) is 2.75. The van der Waals surface area contributed by atoms with Crippen LogP contribution in [0.3, 0.4) is 0 Å². The first-order chi connectivity index (χ1) is 7.65. The van der Waals surface area contributed by atoms with E-state index < -0.39 is 4.92 Å². The van der Waals surface area contributed by atoms with Gasteiger partial charge in [0.05, 0.1) is 4.92 Å². The topological polar surface area (TPSA) is 81.0 Å². The van der Waals surface area contributed by atoms with Crippen LogP contribution in [0.15, 0.2) is 28.6 Å². The third-order valence-electron chi connectivity index (χ3n) is 1.74. The lowest BCUT2D eigenvalue weighted by molar-refractivity contribution is -0.384. The van der Waals surface area contributed by atoms with E-state index in [9.17, 15) is 10.1 Å². The van der Waals surface area contributed by atoms with Crippen molar-refractivity contribution in [2.45, 2.75) is 4.34 Å². The van der Waals surface area contributed by atoms with E-state index in [2.05, 4.69) is 28.1 Å². The van der Waals surface area contributed by atoms with E-state index in [1.807, 2.05) is 0 Å². The second-order valence-electron chi connectivity index (χ2n) is 2.82. The quantitative estimate of drug-likeness (QED) is 0.499.